The minimum absolute atomic E-state index is 0.00367. The van der Waals surface area contributed by atoms with Gasteiger partial charge in [-0.2, -0.15) is 0 Å². The van der Waals surface area contributed by atoms with Gasteiger partial charge in [-0.15, -0.1) is 10.2 Å². The van der Waals surface area contributed by atoms with E-state index in [4.69, 9.17) is 19.0 Å². The van der Waals surface area contributed by atoms with Crippen LogP contribution in [0.2, 0.25) is 0 Å². The van der Waals surface area contributed by atoms with Gasteiger partial charge >= 0.3 is 0 Å². The van der Waals surface area contributed by atoms with E-state index < -0.39 is 21.3 Å². The molecule has 5 rings (SSSR count). The molecule has 2 aromatic heterocycles. The van der Waals surface area contributed by atoms with Crippen LogP contribution in [-0.2, 0) is 19.6 Å². The van der Waals surface area contributed by atoms with Gasteiger partial charge < -0.3 is 14.2 Å². The predicted molar refractivity (Wildman–Crippen MR) is 159 cm³/mol. The smallest absolute Gasteiger partial charge is 0.243 e. The van der Waals surface area contributed by atoms with Gasteiger partial charge in [-0.05, 0) is 37.6 Å². The second-order valence-corrected chi connectivity index (χ2v) is 12.2. The molecule has 2 aliphatic rings. The Kier molecular flexibility index (Phi) is 8.96. The van der Waals surface area contributed by atoms with Crippen molar-refractivity contribution in [1.82, 2.24) is 34.7 Å². The highest BCUT2D eigenvalue weighted by atomic mass is 32.2. The first kappa shape index (κ1) is 30.4. The van der Waals surface area contributed by atoms with E-state index in [1.807, 2.05) is 17.9 Å². The van der Waals surface area contributed by atoms with E-state index in [2.05, 4.69) is 24.9 Å². The van der Waals surface area contributed by atoms with Crippen LogP contribution in [0.5, 0.6) is 11.5 Å². The van der Waals surface area contributed by atoms with Gasteiger partial charge in [0.2, 0.25) is 16.0 Å². The van der Waals surface area contributed by atoms with Crippen LogP contribution < -0.4 is 14.2 Å². The Morgan fingerprint density at radius 3 is 2.30 bits per heavy atom. The molecule has 1 N–H and O–H groups in total. The Bertz CT molecular complexity index is 1580. The minimum atomic E-state index is -4.10. The van der Waals surface area contributed by atoms with E-state index in [-0.39, 0.29) is 12.1 Å². The molecule has 0 bridgehead atoms. The number of benzene rings is 1. The van der Waals surface area contributed by atoms with Crippen molar-refractivity contribution in [2.75, 3.05) is 52.8 Å². The Labute approximate surface area is 250 Å². The van der Waals surface area contributed by atoms with Gasteiger partial charge in [-0.25, -0.2) is 18.4 Å². The molecule has 1 aromatic carbocycles. The van der Waals surface area contributed by atoms with Crippen LogP contribution in [-0.4, -0.2) is 103 Å². The van der Waals surface area contributed by atoms with Crippen LogP contribution in [0.4, 0.5) is 5.95 Å². The van der Waals surface area contributed by atoms with Crippen molar-refractivity contribution in [2.24, 2.45) is 0 Å². The van der Waals surface area contributed by atoms with Crippen LogP contribution in [0.1, 0.15) is 30.2 Å². The molecule has 0 aliphatic carbocycles. The normalized spacial score (nSPS) is 17.3. The summed E-state index contributed by atoms with van der Waals surface area (Å²) in [4.78, 5) is 16.4. The van der Waals surface area contributed by atoms with Crippen molar-refractivity contribution in [3.8, 4) is 17.2 Å². The summed E-state index contributed by atoms with van der Waals surface area (Å²) in [5, 5.41) is 9.35. The molecule has 14 nitrogen and oxygen atoms in total. The number of anilines is 1. The van der Waals surface area contributed by atoms with Gasteiger partial charge in [0.05, 0.1) is 40.0 Å². The number of ether oxygens (including phenoxy) is 3. The summed E-state index contributed by atoms with van der Waals surface area (Å²) >= 11 is 0. The number of hydrogen-bond acceptors (Lipinski definition) is 12. The lowest BCUT2D eigenvalue weighted by molar-refractivity contribution is -0.0771. The second kappa shape index (κ2) is 12.7. The molecule has 15 heteroatoms. The van der Waals surface area contributed by atoms with Gasteiger partial charge in [0.15, 0.2) is 5.82 Å². The topological polar surface area (TPSA) is 146 Å². The third kappa shape index (κ3) is 6.06. The van der Waals surface area contributed by atoms with Crippen LogP contribution in [0.15, 0.2) is 48.9 Å². The third-order valence-electron chi connectivity index (χ3n) is 7.52. The number of aromatic nitrogens is 5. The van der Waals surface area contributed by atoms with Gasteiger partial charge in [0, 0.05) is 44.4 Å². The predicted octanol–water partition coefficient (Wildman–Crippen LogP) is 2.36. The Morgan fingerprint density at radius 1 is 1.02 bits per heavy atom. The molecule has 230 valence electrons. The quantitative estimate of drug-likeness (QED) is 0.320. The van der Waals surface area contributed by atoms with Gasteiger partial charge in [-0.1, -0.05) is 12.1 Å². The maximum atomic E-state index is 14.1. The molecule has 1 saturated heterocycles. The lowest BCUT2D eigenvalue weighted by Crippen LogP contribution is -2.56. The summed E-state index contributed by atoms with van der Waals surface area (Å²) in [7, 11) is 2.14. The molecule has 1 fully saturated rings. The Balaban J connectivity index is 1.58. The maximum absolute atomic E-state index is 14.1. The van der Waals surface area contributed by atoms with Gasteiger partial charge in [0.25, 0.3) is 0 Å². The summed E-state index contributed by atoms with van der Waals surface area (Å²) in [6.45, 7) is 4.95. The van der Waals surface area contributed by atoms with E-state index in [1.165, 1.54) is 14.2 Å². The number of nitrogens with zero attached hydrogens (tertiary/aromatic N) is 7. The van der Waals surface area contributed by atoms with Gasteiger partial charge in [-0.3, -0.25) is 24.1 Å². The van der Waals surface area contributed by atoms with E-state index in [0.717, 1.165) is 11.1 Å². The zero-order valence-electron chi connectivity index (χ0n) is 25.0. The summed E-state index contributed by atoms with van der Waals surface area (Å²) in [5.74, 6) is 1.61. The first-order valence-electron chi connectivity index (χ1n) is 13.6. The molecule has 4 heterocycles. The molecule has 43 heavy (non-hydrogen) atoms. The molecule has 0 unspecified atom stereocenters. The number of hydroxylamine groups is 2. The SMILES string of the molecule is COc1cccc(OC)c1-n1c(NS(=O)(=O)[C@H](C)[C@H](c2ncc(C)cn2)N2CC(OC)C2)nnc1C1=CC=CN(OC)C1. The molecule has 0 radical (unpaired) electrons. The third-order valence-corrected chi connectivity index (χ3v) is 9.23. The van der Waals surface area contributed by atoms with Crippen molar-refractivity contribution < 1.29 is 27.5 Å². The molecular formula is C28H36N8O6S. The number of sulfonamides is 1. The largest absolute Gasteiger partial charge is 0.494 e. The number of rotatable bonds is 12. The molecule has 0 saturated carbocycles. The molecular weight excluding hydrogens is 576 g/mol. The zero-order chi connectivity index (χ0) is 30.7. The maximum Gasteiger partial charge on any atom is 0.243 e. The van der Waals surface area contributed by atoms with Crippen molar-refractivity contribution in [2.45, 2.75) is 31.2 Å². The van der Waals surface area contributed by atoms with Crippen molar-refractivity contribution in [1.29, 1.82) is 0 Å². The monoisotopic (exact) mass is 612 g/mol. The summed E-state index contributed by atoms with van der Waals surface area (Å²) in [6, 6.07) is 4.64. The Morgan fingerprint density at radius 2 is 1.70 bits per heavy atom. The van der Waals surface area contributed by atoms with E-state index >= 15 is 0 Å². The average Bonchev–Trinajstić information content (AvgIpc) is 3.40. The highest BCUT2D eigenvalue weighted by Gasteiger charge is 2.43. The molecule has 2 atom stereocenters. The number of para-hydroxylation sites is 1. The van der Waals surface area contributed by atoms with Crippen molar-refractivity contribution in [3.05, 3.63) is 66.2 Å². The van der Waals surface area contributed by atoms with E-state index in [1.54, 1.807) is 73.6 Å². The number of hydrogen-bond donors (Lipinski definition) is 1. The summed E-state index contributed by atoms with van der Waals surface area (Å²) in [6.07, 6.45) is 8.81. The lowest BCUT2D eigenvalue weighted by Gasteiger charge is -2.44. The number of methoxy groups -OCH3 is 3. The van der Waals surface area contributed by atoms with Crippen LogP contribution in [0, 0.1) is 6.92 Å². The molecule has 3 aromatic rings. The first-order chi connectivity index (χ1) is 20.7. The number of allylic oxidation sites excluding steroid dienone is 2. The number of nitrogens with one attached hydrogen (secondary N) is 1. The minimum Gasteiger partial charge on any atom is -0.494 e. The van der Waals surface area contributed by atoms with Gasteiger partial charge in [0.1, 0.15) is 28.3 Å². The molecule has 0 spiro atoms. The van der Waals surface area contributed by atoms with E-state index in [0.29, 0.717) is 48.5 Å². The standard InChI is InChI=1S/C28H36N8O6S/c1-18-13-29-26(30-14-18)24(34-16-21(17-34)39-3)19(2)43(37,38)33-28-32-31-27(20-9-8-12-35(15-20)42-6)36(28)25-22(40-4)10-7-11-23(25)41-5/h7-14,19,21,24H,15-17H2,1-6H3,(H,32,33)/t19-,24-/m1/s1. The highest BCUT2D eigenvalue weighted by Crippen LogP contribution is 2.38. The zero-order valence-corrected chi connectivity index (χ0v) is 25.8. The fourth-order valence-electron chi connectivity index (χ4n) is 5.08. The van der Waals surface area contributed by atoms with E-state index in [9.17, 15) is 8.42 Å². The lowest BCUT2D eigenvalue weighted by atomic mass is 10.0. The number of likely N-dealkylation sites (tertiary alicyclic amines) is 1. The molecule has 0 amide bonds. The van der Waals surface area contributed by atoms with Crippen LogP contribution in [0.25, 0.3) is 11.3 Å². The first-order valence-corrected chi connectivity index (χ1v) is 15.2. The van der Waals surface area contributed by atoms with Crippen LogP contribution >= 0.6 is 0 Å². The van der Waals surface area contributed by atoms with Crippen LogP contribution in [0.3, 0.4) is 0 Å². The Hall–Kier alpha value is -4.05. The highest BCUT2D eigenvalue weighted by molar-refractivity contribution is 7.93. The summed E-state index contributed by atoms with van der Waals surface area (Å²) in [5.41, 5.74) is 2.03. The van der Waals surface area contributed by atoms with Crippen molar-refractivity contribution in [3.63, 3.8) is 0 Å². The average molecular weight is 613 g/mol. The second-order valence-electron chi connectivity index (χ2n) is 10.2. The summed E-state index contributed by atoms with van der Waals surface area (Å²) < 4.78 is 49.4. The fraction of sp³-hybridized carbons (Fsp3) is 0.429. The number of aryl methyl sites for hydroxylation is 1. The molecule has 2 aliphatic heterocycles. The fourth-order valence-corrected chi connectivity index (χ4v) is 6.29. The van der Waals surface area contributed by atoms with Crippen molar-refractivity contribution >= 4 is 21.5 Å².